The summed E-state index contributed by atoms with van der Waals surface area (Å²) < 4.78 is 31.3. The lowest BCUT2D eigenvalue weighted by Gasteiger charge is -2.30. The highest BCUT2D eigenvalue weighted by Crippen LogP contribution is 2.26. The zero-order valence-corrected chi connectivity index (χ0v) is 15.6. The summed E-state index contributed by atoms with van der Waals surface area (Å²) in [7, 11) is 0. The summed E-state index contributed by atoms with van der Waals surface area (Å²) in [5.41, 5.74) is 0.546. The Morgan fingerprint density at radius 3 is 3.00 bits per heavy atom. The number of nitrogens with zero attached hydrogens (tertiary/aromatic N) is 6. The number of benzene rings is 1. The second-order valence-electron chi connectivity index (χ2n) is 7.32. The average molecular weight is 399 g/mol. The fourth-order valence-corrected chi connectivity index (χ4v) is 3.89. The van der Waals surface area contributed by atoms with E-state index >= 15 is 0 Å². The Morgan fingerprint density at radius 2 is 2.10 bits per heavy atom. The number of urea groups is 1. The van der Waals surface area contributed by atoms with Gasteiger partial charge in [0, 0.05) is 37.3 Å². The van der Waals surface area contributed by atoms with Gasteiger partial charge in [-0.05, 0) is 24.6 Å². The number of halogens is 2. The van der Waals surface area contributed by atoms with Crippen LogP contribution in [-0.2, 0) is 26.1 Å². The number of amides is 2. The van der Waals surface area contributed by atoms with Crippen LogP contribution in [0, 0.1) is 11.6 Å². The molecule has 8 nitrogen and oxygen atoms in total. The van der Waals surface area contributed by atoms with Crippen molar-refractivity contribution >= 4 is 6.03 Å². The number of hydrogen-bond donors (Lipinski definition) is 1. The van der Waals surface area contributed by atoms with Gasteiger partial charge in [-0.15, -0.1) is 0 Å². The molecule has 5 rings (SSSR count). The number of imidazole rings is 1. The summed E-state index contributed by atoms with van der Waals surface area (Å²) >= 11 is 0. The molecule has 0 spiro atoms. The second kappa shape index (κ2) is 6.94. The molecule has 2 amide bonds. The number of rotatable bonds is 2. The topological polar surface area (TPSA) is 80.9 Å². The fraction of sp³-hybridized carbons (Fsp3) is 0.368. The lowest BCUT2D eigenvalue weighted by atomic mass is 10.1. The zero-order chi connectivity index (χ0) is 20.0. The van der Waals surface area contributed by atoms with E-state index in [4.69, 9.17) is 0 Å². The molecule has 2 aromatic heterocycles. The SMILES string of the molecule is O=C(NC1CCc2nc(-c3cc(F)ccc3F)cn2C1)N1CCn2ncnc2C1. The van der Waals surface area contributed by atoms with Gasteiger partial charge in [0.05, 0.1) is 18.8 Å². The summed E-state index contributed by atoms with van der Waals surface area (Å²) in [5, 5.41) is 7.19. The lowest BCUT2D eigenvalue weighted by molar-refractivity contribution is 0.173. The van der Waals surface area contributed by atoms with Crippen LogP contribution in [0.4, 0.5) is 13.6 Å². The van der Waals surface area contributed by atoms with Crippen LogP contribution in [0.5, 0.6) is 0 Å². The second-order valence-corrected chi connectivity index (χ2v) is 7.32. The highest BCUT2D eigenvalue weighted by atomic mass is 19.1. The van der Waals surface area contributed by atoms with Crippen molar-refractivity contribution < 1.29 is 13.6 Å². The van der Waals surface area contributed by atoms with Crippen molar-refractivity contribution in [1.29, 1.82) is 0 Å². The van der Waals surface area contributed by atoms with Crippen LogP contribution < -0.4 is 5.32 Å². The number of aromatic nitrogens is 5. The van der Waals surface area contributed by atoms with Crippen molar-refractivity contribution in [3.63, 3.8) is 0 Å². The predicted molar refractivity (Wildman–Crippen MR) is 98.7 cm³/mol. The quantitative estimate of drug-likeness (QED) is 0.714. The summed E-state index contributed by atoms with van der Waals surface area (Å²) in [6, 6.07) is 3.14. The van der Waals surface area contributed by atoms with Crippen LogP contribution in [0.15, 0.2) is 30.7 Å². The lowest BCUT2D eigenvalue weighted by Crippen LogP contribution is -2.49. The van der Waals surface area contributed by atoms with Gasteiger partial charge in [0.25, 0.3) is 0 Å². The molecule has 29 heavy (non-hydrogen) atoms. The van der Waals surface area contributed by atoms with Crippen molar-refractivity contribution in [2.45, 2.75) is 38.5 Å². The molecule has 1 unspecified atom stereocenters. The van der Waals surface area contributed by atoms with Crippen molar-refractivity contribution in [2.24, 2.45) is 0 Å². The first-order valence-corrected chi connectivity index (χ1v) is 9.50. The number of hydrogen-bond acceptors (Lipinski definition) is 4. The van der Waals surface area contributed by atoms with Gasteiger partial charge in [-0.25, -0.2) is 28.2 Å². The zero-order valence-electron chi connectivity index (χ0n) is 15.6. The van der Waals surface area contributed by atoms with Gasteiger partial charge in [-0.2, -0.15) is 5.10 Å². The molecule has 0 saturated carbocycles. The molecule has 0 radical (unpaired) electrons. The maximum absolute atomic E-state index is 14.1. The number of aryl methyl sites for hydroxylation is 1. The van der Waals surface area contributed by atoms with Crippen LogP contribution >= 0.6 is 0 Å². The number of carbonyl (C=O) groups is 1. The Kier molecular flexibility index (Phi) is 4.26. The first kappa shape index (κ1) is 17.8. The van der Waals surface area contributed by atoms with Gasteiger partial charge in [0.15, 0.2) is 0 Å². The van der Waals surface area contributed by atoms with Crippen molar-refractivity contribution in [3.8, 4) is 11.3 Å². The third-order valence-electron chi connectivity index (χ3n) is 5.42. The maximum atomic E-state index is 14.1. The monoisotopic (exact) mass is 399 g/mol. The highest BCUT2D eigenvalue weighted by molar-refractivity contribution is 5.74. The molecule has 0 bridgehead atoms. The predicted octanol–water partition coefficient (Wildman–Crippen LogP) is 1.96. The molecule has 2 aliphatic heterocycles. The van der Waals surface area contributed by atoms with Crippen LogP contribution in [0.2, 0.25) is 0 Å². The minimum atomic E-state index is -0.510. The smallest absolute Gasteiger partial charge is 0.318 e. The van der Waals surface area contributed by atoms with E-state index in [0.29, 0.717) is 38.3 Å². The molecule has 4 heterocycles. The fourth-order valence-electron chi connectivity index (χ4n) is 3.89. The molecule has 150 valence electrons. The molecule has 1 atom stereocenters. The molecule has 0 fully saturated rings. The maximum Gasteiger partial charge on any atom is 0.318 e. The van der Waals surface area contributed by atoms with E-state index in [9.17, 15) is 13.6 Å². The summed E-state index contributed by atoms with van der Waals surface area (Å²) in [4.78, 5) is 23.0. The summed E-state index contributed by atoms with van der Waals surface area (Å²) in [5.74, 6) is 0.563. The van der Waals surface area contributed by atoms with Gasteiger partial charge in [0.2, 0.25) is 0 Å². The minimum absolute atomic E-state index is 0.0609. The molecular weight excluding hydrogens is 380 g/mol. The first-order valence-electron chi connectivity index (χ1n) is 9.50. The molecular formula is C19H19F2N7O. The van der Waals surface area contributed by atoms with Gasteiger partial charge in [-0.3, -0.25) is 0 Å². The Bertz CT molecular complexity index is 1080. The van der Waals surface area contributed by atoms with Crippen molar-refractivity contribution in [3.05, 3.63) is 54.0 Å². The van der Waals surface area contributed by atoms with E-state index in [1.54, 1.807) is 15.8 Å². The average Bonchev–Trinajstić information content (AvgIpc) is 3.35. The standard InChI is InChI=1S/C19H19F2N7O/c20-12-1-3-15(21)14(7-12)16-9-27-8-13(2-4-17(27)25-16)24-19(29)26-5-6-28-18(10-26)22-11-23-28/h1,3,7,9,11,13H,2,4-6,8,10H2,(H,24,29). The Balaban J connectivity index is 1.27. The van der Waals surface area contributed by atoms with E-state index in [2.05, 4.69) is 20.4 Å². The first-order chi connectivity index (χ1) is 14.1. The third-order valence-corrected chi connectivity index (χ3v) is 5.42. The Morgan fingerprint density at radius 1 is 1.21 bits per heavy atom. The van der Waals surface area contributed by atoms with Crippen molar-refractivity contribution in [1.82, 2.24) is 34.5 Å². The minimum Gasteiger partial charge on any atom is -0.333 e. The molecule has 1 N–H and O–H groups in total. The van der Waals surface area contributed by atoms with Gasteiger partial charge < -0.3 is 14.8 Å². The van der Waals surface area contributed by atoms with Crippen LogP contribution in [0.3, 0.4) is 0 Å². The van der Waals surface area contributed by atoms with Gasteiger partial charge >= 0.3 is 6.03 Å². The summed E-state index contributed by atoms with van der Waals surface area (Å²) in [6.45, 7) is 2.17. The van der Waals surface area contributed by atoms with Crippen LogP contribution in [-0.4, -0.2) is 47.8 Å². The number of nitrogens with one attached hydrogen (secondary N) is 1. The molecule has 10 heteroatoms. The number of carbonyl (C=O) groups excluding carboxylic acids is 1. The van der Waals surface area contributed by atoms with E-state index < -0.39 is 11.6 Å². The third kappa shape index (κ3) is 3.34. The van der Waals surface area contributed by atoms with Crippen LogP contribution in [0.25, 0.3) is 11.3 Å². The van der Waals surface area contributed by atoms with E-state index in [-0.39, 0.29) is 17.6 Å². The molecule has 2 aliphatic rings. The Hall–Kier alpha value is -3.30. The molecule has 3 aromatic rings. The van der Waals surface area contributed by atoms with Gasteiger partial charge in [-0.1, -0.05) is 0 Å². The summed E-state index contributed by atoms with van der Waals surface area (Å²) in [6.07, 6.45) is 4.60. The molecule has 0 aliphatic carbocycles. The van der Waals surface area contributed by atoms with Crippen LogP contribution in [0.1, 0.15) is 18.1 Å². The number of fused-ring (bicyclic) bond motifs is 2. The van der Waals surface area contributed by atoms with E-state index in [1.165, 1.54) is 6.33 Å². The van der Waals surface area contributed by atoms with E-state index in [1.807, 2.05) is 4.57 Å². The van der Waals surface area contributed by atoms with E-state index in [0.717, 1.165) is 36.3 Å². The van der Waals surface area contributed by atoms with Crippen molar-refractivity contribution in [2.75, 3.05) is 6.54 Å². The largest absolute Gasteiger partial charge is 0.333 e. The van der Waals surface area contributed by atoms with Gasteiger partial charge in [0.1, 0.15) is 29.6 Å². The molecule has 1 aromatic carbocycles. The highest BCUT2D eigenvalue weighted by Gasteiger charge is 2.27. The normalized spacial score (nSPS) is 18.3. The molecule has 0 saturated heterocycles. The Labute approximate surface area is 165 Å².